The largest absolute Gasteiger partial charge is 0.497 e. The zero-order chi connectivity index (χ0) is 23.3. The van der Waals surface area contributed by atoms with E-state index in [1.54, 1.807) is 43.4 Å². The molecule has 1 N–H and O–H groups in total. The number of hydrogen-bond donors (Lipinski definition) is 1. The van der Waals surface area contributed by atoms with Gasteiger partial charge in [0.1, 0.15) is 17.3 Å². The summed E-state index contributed by atoms with van der Waals surface area (Å²) in [6.07, 6.45) is 0.865. The SMILES string of the molecule is COc1ccc(OC)c(C2CN(C(=O)c3ccccc3F)CC2C(=O)NCCC(C)C)c1. The van der Waals surface area contributed by atoms with Crippen LogP contribution in [0.1, 0.15) is 42.1 Å². The summed E-state index contributed by atoms with van der Waals surface area (Å²) >= 11 is 0. The van der Waals surface area contributed by atoms with Gasteiger partial charge in [0.15, 0.2) is 0 Å². The molecule has 7 heteroatoms. The Hall–Kier alpha value is -3.09. The Labute approximate surface area is 188 Å². The molecule has 2 atom stereocenters. The minimum absolute atomic E-state index is 0.00437. The van der Waals surface area contributed by atoms with E-state index in [4.69, 9.17) is 9.47 Å². The third kappa shape index (κ3) is 5.21. The molecule has 32 heavy (non-hydrogen) atoms. The summed E-state index contributed by atoms with van der Waals surface area (Å²) in [5.41, 5.74) is 0.796. The number of ether oxygens (including phenoxy) is 2. The van der Waals surface area contributed by atoms with Crippen molar-refractivity contribution in [2.24, 2.45) is 11.8 Å². The molecule has 1 aliphatic rings. The summed E-state index contributed by atoms with van der Waals surface area (Å²) in [5.74, 6) is -0.190. The van der Waals surface area contributed by atoms with Crippen LogP contribution in [0.3, 0.4) is 0 Å². The number of likely N-dealkylation sites (tertiary alicyclic amines) is 1. The third-order valence-corrected chi connectivity index (χ3v) is 5.91. The van der Waals surface area contributed by atoms with Gasteiger partial charge in [-0.15, -0.1) is 0 Å². The zero-order valence-electron chi connectivity index (χ0n) is 19.1. The Kier molecular flexibility index (Phi) is 7.72. The molecule has 0 aromatic heterocycles. The van der Waals surface area contributed by atoms with E-state index in [0.717, 1.165) is 12.0 Å². The number of carbonyl (C=O) groups is 2. The molecule has 1 saturated heterocycles. The molecule has 3 rings (SSSR count). The smallest absolute Gasteiger partial charge is 0.256 e. The highest BCUT2D eigenvalue weighted by Gasteiger charge is 2.42. The van der Waals surface area contributed by atoms with Gasteiger partial charge < -0.3 is 19.7 Å². The van der Waals surface area contributed by atoms with E-state index in [0.29, 0.717) is 24.0 Å². The fraction of sp³-hybridized carbons (Fsp3) is 0.440. The first-order valence-corrected chi connectivity index (χ1v) is 10.9. The van der Waals surface area contributed by atoms with Gasteiger partial charge in [-0.25, -0.2) is 4.39 Å². The van der Waals surface area contributed by atoms with Crippen LogP contribution in [0, 0.1) is 17.7 Å². The first-order chi connectivity index (χ1) is 15.3. The van der Waals surface area contributed by atoms with Crippen molar-refractivity contribution in [2.75, 3.05) is 33.9 Å². The van der Waals surface area contributed by atoms with Gasteiger partial charge >= 0.3 is 0 Å². The summed E-state index contributed by atoms with van der Waals surface area (Å²) in [5, 5.41) is 3.01. The molecule has 2 amide bonds. The van der Waals surface area contributed by atoms with E-state index in [2.05, 4.69) is 19.2 Å². The second-order valence-corrected chi connectivity index (χ2v) is 8.48. The lowest BCUT2D eigenvalue weighted by Crippen LogP contribution is -2.36. The Morgan fingerprint density at radius 1 is 1.12 bits per heavy atom. The first-order valence-electron chi connectivity index (χ1n) is 10.9. The number of nitrogens with one attached hydrogen (secondary N) is 1. The van der Waals surface area contributed by atoms with Gasteiger partial charge in [0.05, 0.1) is 25.7 Å². The lowest BCUT2D eigenvalue weighted by Gasteiger charge is -2.21. The van der Waals surface area contributed by atoms with Crippen LogP contribution in [0.15, 0.2) is 42.5 Å². The maximum Gasteiger partial charge on any atom is 0.256 e. The van der Waals surface area contributed by atoms with E-state index in [9.17, 15) is 14.0 Å². The minimum Gasteiger partial charge on any atom is -0.497 e. The average molecular weight is 443 g/mol. The van der Waals surface area contributed by atoms with Crippen LogP contribution in [0.25, 0.3) is 0 Å². The molecule has 0 radical (unpaired) electrons. The topological polar surface area (TPSA) is 67.9 Å². The fourth-order valence-corrected chi connectivity index (χ4v) is 4.10. The standard InChI is InChI=1S/C25H31FN2O4/c1-16(2)11-12-27-24(29)21-15-28(25(30)18-7-5-6-8-22(18)26)14-20(21)19-13-17(31-3)9-10-23(19)32-4/h5-10,13,16,20-21H,11-12,14-15H2,1-4H3,(H,27,29). The van der Waals surface area contributed by atoms with Gasteiger partial charge in [0, 0.05) is 31.1 Å². The maximum absolute atomic E-state index is 14.3. The number of amides is 2. The van der Waals surface area contributed by atoms with E-state index in [1.165, 1.54) is 12.1 Å². The molecule has 172 valence electrons. The lowest BCUT2D eigenvalue weighted by molar-refractivity contribution is -0.124. The van der Waals surface area contributed by atoms with E-state index >= 15 is 0 Å². The van der Waals surface area contributed by atoms with Crippen molar-refractivity contribution in [1.29, 1.82) is 0 Å². The average Bonchev–Trinajstić information content (AvgIpc) is 3.23. The van der Waals surface area contributed by atoms with Crippen molar-refractivity contribution in [3.8, 4) is 11.5 Å². The molecule has 0 saturated carbocycles. The Morgan fingerprint density at radius 3 is 2.53 bits per heavy atom. The minimum atomic E-state index is -0.571. The van der Waals surface area contributed by atoms with Gasteiger partial charge in [0.25, 0.3) is 5.91 Å². The van der Waals surface area contributed by atoms with Gasteiger partial charge in [-0.05, 0) is 42.7 Å². The van der Waals surface area contributed by atoms with E-state index in [1.807, 2.05) is 6.07 Å². The molecule has 2 aromatic carbocycles. The summed E-state index contributed by atoms with van der Waals surface area (Å²) in [7, 11) is 3.14. The molecule has 0 aliphatic carbocycles. The first kappa shape index (κ1) is 23.6. The van der Waals surface area contributed by atoms with Crippen LogP contribution in [-0.4, -0.2) is 50.6 Å². The number of benzene rings is 2. The molecule has 1 heterocycles. The molecule has 2 aromatic rings. The van der Waals surface area contributed by atoms with Gasteiger partial charge in [-0.2, -0.15) is 0 Å². The van der Waals surface area contributed by atoms with Crippen molar-refractivity contribution in [1.82, 2.24) is 10.2 Å². The lowest BCUT2D eigenvalue weighted by atomic mass is 9.87. The summed E-state index contributed by atoms with van der Waals surface area (Å²) in [6, 6.07) is 11.3. The zero-order valence-corrected chi connectivity index (χ0v) is 19.1. The Balaban J connectivity index is 1.92. The number of nitrogens with zero attached hydrogens (tertiary/aromatic N) is 1. The highest BCUT2D eigenvalue weighted by atomic mass is 19.1. The van der Waals surface area contributed by atoms with E-state index in [-0.39, 0.29) is 30.5 Å². The van der Waals surface area contributed by atoms with Crippen molar-refractivity contribution in [3.05, 3.63) is 59.4 Å². The molecular formula is C25H31FN2O4. The predicted octanol–water partition coefficient (Wildman–Crippen LogP) is 3.86. The summed E-state index contributed by atoms with van der Waals surface area (Å²) in [4.78, 5) is 27.8. The third-order valence-electron chi connectivity index (χ3n) is 5.91. The summed E-state index contributed by atoms with van der Waals surface area (Å²) in [6.45, 7) is 5.24. The number of carbonyl (C=O) groups excluding carboxylic acids is 2. The molecule has 1 aliphatic heterocycles. The second-order valence-electron chi connectivity index (χ2n) is 8.48. The molecule has 0 spiro atoms. The van der Waals surface area contributed by atoms with Crippen LogP contribution in [-0.2, 0) is 4.79 Å². The van der Waals surface area contributed by atoms with Crippen molar-refractivity contribution in [2.45, 2.75) is 26.2 Å². The van der Waals surface area contributed by atoms with Crippen LogP contribution in [0.2, 0.25) is 0 Å². The van der Waals surface area contributed by atoms with Crippen molar-refractivity contribution >= 4 is 11.8 Å². The number of hydrogen-bond acceptors (Lipinski definition) is 4. The molecule has 2 unspecified atom stereocenters. The van der Waals surface area contributed by atoms with Crippen LogP contribution >= 0.6 is 0 Å². The van der Waals surface area contributed by atoms with Gasteiger partial charge in [-0.1, -0.05) is 26.0 Å². The highest BCUT2D eigenvalue weighted by Crippen LogP contribution is 2.40. The Bertz CT molecular complexity index is 963. The maximum atomic E-state index is 14.3. The van der Waals surface area contributed by atoms with Gasteiger partial charge in [-0.3, -0.25) is 9.59 Å². The summed E-state index contributed by atoms with van der Waals surface area (Å²) < 4.78 is 25.2. The van der Waals surface area contributed by atoms with Gasteiger partial charge in [0.2, 0.25) is 5.91 Å². The number of methoxy groups -OCH3 is 2. The normalized spacial score (nSPS) is 18.0. The monoisotopic (exact) mass is 442 g/mol. The van der Waals surface area contributed by atoms with Crippen LogP contribution in [0.5, 0.6) is 11.5 Å². The fourth-order valence-electron chi connectivity index (χ4n) is 4.10. The van der Waals surface area contributed by atoms with Crippen LogP contribution in [0.4, 0.5) is 4.39 Å². The molecule has 0 bridgehead atoms. The highest BCUT2D eigenvalue weighted by molar-refractivity contribution is 5.95. The molecular weight excluding hydrogens is 411 g/mol. The van der Waals surface area contributed by atoms with Crippen LogP contribution < -0.4 is 14.8 Å². The number of rotatable bonds is 8. The molecule has 1 fully saturated rings. The van der Waals surface area contributed by atoms with E-state index < -0.39 is 17.6 Å². The molecule has 6 nitrogen and oxygen atoms in total. The van der Waals surface area contributed by atoms with Crippen molar-refractivity contribution < 1.29 is 23.5 Å². The Morgan fingerprint density at radius 2 is 1.88 bits per heavy atom. The van der Waals surface area contributed by atoms with Crippen molar-refractivity contribution in [3.63, 3.8) is 0 Å². The quantitative estimate of drug-likeness (QED) is 0.674. The predicted molar refractivity (Wildman–Crippen MR) is 121 cm³/mol. The second kappa shape index (κ2) is 10.5. The number of halogens is 1.